The van der Waals surface area contributed by atoms with Gasteiger partial charge >= 0.3 is 10.3 Å². The molecule has 1 fully saturated rings. The largest absolute Gasteiger partial charge is 0.408 e. The number of benzene rings is 2. The molecule has 5 rings (SSSR count). The Morgan fingerprint density at radius 3 is 1.31 bits per heavy atom. The van der Waals surface area contributed by atoms with E-state index >= 15 is 0 Å². The summed E-state index contributed by atoms with van der Waals surface area (Å²) in [4.78, 5) is 4.96. The summed E-state index contributed by atoms with van der Waals surface area (Å²) in [5.41, 5.74) is 4.24. The van der Waals surface area contributed by atoms with Crippen molar-refractivity contribution in [2.45, 2.75) is 12.8 Å². The van der Waals surface area contributed by atoms with Crippen LogP contribution in [0.4, 0.5) is 33.0 Å². The van der Waals surface area contributed by atoms with Gasteiger partial charge in [0, 0.05) is 48.3 Å². The molecule has 2 aromatic heterocycles. The topological polar surface area (TPSA) is 63.7 Å². The van der Waals surface area contributed by atoms with E-state index in [9.17, 15) is 0 Å². The van der Waals surface area contributed by atoms with Gasteiger partial charge in [0.25, 0.3) is 0 Å². The van der Waals surface area contributed by atoms with E-state index in [4.69, 9.17) is 0 Å². The van der Waals surface area contributed by atoms with Gasteiger partial charge in [-0.25, -0.2) is 9.13 Å². The highest BCUT2D eigenvalue weighted by Gasteiger charge is 2.15. The first kappa shape index (κ1) is 24.2. The van der Waals surface area contributed by atoms with Crippen LogP contribution in [0, 0.1) is 0 Å². The molecular formula is C26H30N8S2+2. The molecular weight excluding hydrogens is 488 g/mol. The van der Waals surface area contributed by atoms with Crippen LogP contribution in [0.25, 0.3) is 0 Å². The molecule has 0 unspecified atom stereocenters. The number of anilines is 2. The van der Waals surface area contributed by atoms with Crippen LogP contribution < -0.4 is 18.9 Å². The lowest BCUT2D eigenvalue weighted by Gasteiger charge is -2.33. The number of hydrogen-bond donors (Lipinski definition) is 0. The minimum absolute atomic E-state index is 0.873. The maximum Gasteiger partial charge on any atom is 0.408 e. The zero-order valence-electron chi connectivity index (χ0n) is 20.6. The summed E-state index contributed by atoms with van der Waals surface area (Å²) >= 11 is 3.16. The fraction of sp³-hybridized carbons (Fsp3) is 0.308. The van der Waals surface area contributed by atoms with E-state index in [0.29, 0.717) is 0 Å². The lowest BCUT2D eigenvalue weighted by molar-refractivity contribution is -0.654. The predicted octanol–water partition coefficient (Wildman–Crippen LogP) is 6.40. The van der Waals surface area contributed by atoms with E-state index in [1.54, 1.807) is 22.7 Å². The van der Waals surface area contributed by atoms with Crippen molar-refractivity contribution in [3.05, 3.63) is 71.7 Å². The third-order valence-electron chi connectivity index (χ3n) is 6.16. The maximum atomic E-state index is 4.38. The van der Waals surface area contributed by atoms with Gasteiger partial charge in [0.2, 0.25) is 0 Å². The number of nitrogens with zero attached hydrogens (tertiary/aromatic N) is 8. The lowest BCUT2D eigenvalue weighted by Crippen LogP contribution is -2.36. The molecule has 0 spiro atoms. The van der Waals surface area contributed by atoms with Crippen LogP contribution in [-0.4, -0.2) is 26.2 Å². The summed E-state index contributed by atoms with van der Waals surface area (Å²) in [5.74, 6) is 0. The van der Waals surface area contributed by atoms with E-state index in [2.05, 4.69) is 78.8 Å². The molecule has 2 aromatic carbocycles. The maximum absolute atomic E-state index is 4.38. The molecule has 1 saturated heterocycles. The van der Waals surface area contributed by atoms with Crippen LogP contribution in [0.1, 0.15) is 12.8 Å². The third kappa shape index (κ3) is 6.00. The predicted molar refractivity (Wildman–Crippen MR) is 146 cm³/mol. The fourth-order valence-electron chi connectivity index (χ4n) is 4.15. The zero-order valence-corrected chi connectivity index (χ0v) is 22.2. The van der Waals surface area contributed by atoms with E-state index in [1.165, 1.54) is 11.4 Å². The van der Waals surface area contributed by atoms with Gasteiger partial charge < -0.3 is 9.80 Å². The third-order valence-corrected chi connectivity index (χ3v) is 7.84. The number of azo groups is 2. The van der Waals surface area contributed by atoms with Crippen LogP contribution in [0.15, 0.2) is 92.1 Å². The number of rotatable bonds is 6. The lowest BCUT2D eigenvalue weighted by atomic mass is 10.2. The average Bonchev–Trinajstić information content (AvgIpc) is 3.49. The molecule has 0 atom stereocenters. The number of aromatic nitrogens is 2. The van der Waals surface area contributed by atoms with Crippen molar-refractivity contribution in [1.82, 2.24) is 0 Å². The van der Waals surface area contributed by atoms with E-state index in [1.807, 2.05) is 46.4 Å². The summed E-state index contributed by atoms with van der Waals surface area (Å²) in [6, 6.07) is 16.8. The smallest absolute Gasteiger partial charge is 0.371 e. The second-order valence-electron chi connectivity index (χ2n) is 8.71. The van der Waals surface area contributed by atoms with Crippen molar-refractivity contribution in [1.29, 1.82) is 0 Å². The van der Waals surface area contributed by atoms with Crippen LogP contribution in [0.3, 0.4) is 0 Å². The highest BCUT2D eigenvalue weighted by atomic mass is 32.1. The van der Waals surface area contributed by atoms with E-state index in [-0.39, 0.29) is 0 Å². The highest BCUT2D eigenvalue weighted by Crippen LogP contribution is 2.26. The summed E-state index contributed by atoms with van der Waals surface area (Å²) in [6.45, 7) is 4.14. The Bertz CT molecular complexity index is 1210. The molecule has 4 aromatic rings. The van der Waals surface area contributed by atoms with Gasteiger partial charge in [0.05, 0.1) is 24.3 Å². The van der Waals surface area contributed by atoms with Crippen molar-refractivity contribution in [2.24, 2.45) is 34.6 Å². The first-order valence-electron chi connectivity index (χ1n) is 12.1. The second-order valence-corrected chi connectivity index (χ2v) is 10.5. The Morgan fingerprint density at radius 1 is 0.583 bits per heavy atom. The van der Waals surface area contributed by atoms with Crippen LogP contribution in [-0.2, 0) is 14.1 Å². The highest BCUT2D eigenvalue weighted by molar-refractivity contribution is 7.13. The van der Waals surface area contributed by atoms with Gasteiger partial charge in [-0.1, -0.05) is 0 Å². The molecule has 1 aliphatic heterocycles. The molecule has 36 heavy (non-hydrogen) atoms. The van der Waals surface area contributed by atoms with Gasteiger partial charge in [0.1, 0.15) is 23.8 Å². The standard InChI is InChI=1S/C26H30N8S2/c1-31-17-19-35-25(31)29-27-21-5-9-23(10-6-21)33-13-3-15-34(16-4-14-33)24-11-7-22(8-12-24)28-30-26-32(2)18-20-36-26/h5-12,17-20H,3-4,13-16H2,1-2H3/q+2. The van der Waals surface area contributed by atoms with Gasteiger partial charge in [-0.05, 0) is 94.3 Å². The monoisotopic (exact) mass is 518 g/mol. The van der Waals surface area contributed by atoms with Crippen molar-refractivity contribution < 1.29 is 9.13 Å². The van der Waals surface area contributed by atoms with Crippen LogP contribution in [0.2, 0.25) is 0 Å². The first-order valence-corrected chi connectivity index (χ1v) is 13.8. The van der Waals surface area contributed by atoms with Crippen molar-refractivity contribution in [3.8, 4) is 0 Å². The van der Waals surface area contributed by atoms with Gasteiger partial charge in [-0.3, -0.25) is 0 Å². The van der Waals surface area contributed by atoms with Crippen LogP contribution >= 0.6 is 22.7 Å². The molecule has 10 heteroatoms. The Balaban J connectivity index is 1.15. The van der Waals surface area contributed by atoms with Crippen molar-refractivity contribution >= 4 is 55.7 Å². The SMILES string of the molecule is C[n+]1ccsc1/N=N/c1ccc(N2CCCN(c3ccc(/N=N/c4scc[n+]4C)cc3)CCC2)cc1. The normalized spacial score (nSPS) is 15.1. The molecule has 8 nitrogen and oxygen atoms in total. The Kier molecular flexibility index (Phi) is 7.73. The van der Waals surface area contributed by atoms with E-state index < -0.39 is 0 Å². The number of hydrogen-bond acceptors (Lipinski definition) is 8. The molecule has 0 saturated carbocycles. The zero-order chi connectivity index (χ0) is 24.7. The number of aryl methyl sites for hydroxylation is 2. The van der Waals surface area contributed by atoms with Gasteiger partial charge in [-0.15, -0.1) is 0 Å². The van der Waals surface area contributed by atoms with Crippen LogP contribution in [0.5, 0.6) is 0 Å². The molecule has 184 valence electrons. The van der Waals surface area contributed by atoms with E-state index in [0.717, 1.165) is 60.7 Å². The summed E-state index contributed by atoms with van der Waals surface area (Å²) in [5, 5.41) is 23.3. The summed E-state index contributed by atoms with van der Waals surface area (Å²) in [6.07, 6.45) is 6.18. The molecule has 0 bridgehead atoms. The first-order chi connectivity index (χ1) is 17.7. The van der Waals surface area contributed by atoms with Gasteiger partial charge in [-0.2, -0.15) is 0 Å². The molecule has 0 aliphatic carbocycles. The Hall–Kier alpha value is -3.50. The minimum atomic E-state index is 0.873. The minimum Gasteiger partial charge on any atom is -0.371 e. The molecule has 3 heterocycles. The Morgan fingerprint density at radius 2 is 0.972 bits per heavy atom. The molecule has 0 radical (unpaired) electrons. The van der Waals surface area contributed by atoms with Gasteiger partial charge in [0.15, 0.2) is 0 Å². The molecule has 0 N–H and O–H groups in total. The second kappa shape index (κ2) is 11.5. The summed E-state index contributed by atoms with van der Waals surface area (Å²) < 4.78 is 3.94. The quantitative estimate of drug-likeness (QED) is 0.219. The summed E-state index contributed by atoms with van der Waals surface area (Å²) in [7, 11) is 3.96. The van der Waals surface area contributed by atoms with Crippen molar-refractivity contribution in [3.63, 3.8) is 0 Å². The molecule has 1 aliphatic rings. The average molecular weight is 519 g/mol. The molecule has 0 amide bonds. The fourth-order valence-corrected chi connectivity index (χ4v) is 5.51. The Labute approximate surface area is 219 Å². The number of thiazole rings is 2. The van der Waals surface area contributed by atoms with Crippen molar-refractivity contribution in [2.75, 3.05) is 36.0 Å².